The number of ether oxygens (including phenoxy) is 1. The quantitative estimate of drug-likeness (QED) is 0.724. The van der Waals surface area contributed by atoms with Gasteiger partial charge in [0, 0.05) is 12.2 Å². The van der Waals surface area contributed by atoms with E-state index >= 15 is 0 Å². The van der Waals surface area contributed by atoms with Gasteiger partial charge in [0.1, 0.15) is 11.6 Å². The van der Waals surface area contributed by atoms with Gasteiger partial charge in [-0.15, -0.1) is 11.6 Å². The lowest BCUT2D eigenvalue weighted by atomic mass is 9.96. The number of hydrogen-bond acceptors (Lipinski definition) is 1. The van der Waals surface area contributed by atoms with E-state index in [-0.39, 0.29) is 17.6 Å². The Labute approximate surface area is 98.4 Å². The zero-order valence-corrected chi connectivity index (χ0v) is 9.68. The first-order chi connectivity index (χ1) is 7.59. The number of hydrogen-bond donors (Lipinski definition) is 0. The summed E-state index contributed by atoms with van der Waals surface area (Å²) >= 11 is 6.15. The van der Waals surface area contributed by atoms with Crippen LogP contribution in [0.15, 0.2) is 18.2 Å². The molecule has 3 unspecified atom stereocenters. The lowest BCUT2D eigenvalue weighted by Crippen LogP contribution is -2.20. The summed E-state index contributed by atoms with van der Waals surface area (Å²) in [6.07, 6.45) is 0.670. The minimum atomic E-state index is -0.631. The fraction of sp³-hybridized carbons (Fsp3) is 0.500. The Bertz CT molecular complexity index is 383. The third kappa shape index (κ3) is 2.20. The van der Waals surface area contributed by atoms with Crippen LogP contribution in [-0.4, -0.2) is 12.7 Å². The second-order valence-corrected chi connectivity index (χ2v) is 4.64. The van der Waals surface area contributed by atoms with E-state index in [9.17, 15) is 8.78 Å². The first-order valence-electron chi connectivity index (χ1n) is 5.30. The van der Waals surface area contributed by atoms with Crippen molar-refractivity contribution in [2.45, 2.75) is 24.8 Å². The van der Waals surface area contributed by atoms with Gasteiger partial charge in [0.25, 0.3) is 0 Å². The van der Waals surface area contributed by atoms with E-state index in [0.717, 1.165) is 24.6 Å². The number of halogens is 3. The highest BCUT2D eigenvalue weighted by Gasteiger charge is 2.33. The minimum absolute atomic E-state index is 0.181. The maximum absolute atomic E-state index is 13.5. The van der Waals surface area contributed by atoms with Crippen molar-refractivity contribution in [1.29, 1.82) is 0 Å². The highest BCUT2D eigenvalue weighted by Crippen LogP contribution is 2.36. The molecular weight excluding hydrogens is 234 g/mol. The number of alkyl halides is 1. The highest BCUT2D eigenvalue weighted by molar-refractivity contribution is 6.21. The molecule has 4 heteroatoms. The third-order valence-electron chi connectivity index (χ3n) is 2.99. The molecule has 0 N–H and O–H groups in total. The molecule has 1 nitrogen and oxygen atoms in total. The molecule has 0 spiro atoms. The topological polar surface area (TPSA) is 9.23 Å². The van der Waals surface area contributed by atoms with Crippen LogP contribution in [0.25, 0.3) is 0 Å². The van der Waals surface area contributed by atoms with E-state index in [1.54, 1.807) is 0 Å². The third-order valence-corrected chi connectivity index (χ3v) is 3.47. The first kappa shape index (κ1) is 11.8. The normalized spacial score (nSPS) is 27.0. The largest absolute Gasteiger partial charge is 0.376 e. The number of rotatable bonds is 2. The Kier molecular flexibility index (Phi) is 3.45. The van der Waals surface area contributed by atoms with Crippen LogP contribution < -0.4 is 0 Å². The standard InChI is InChI=1S/C12H13ClF2O/c1-7-4-5-16-12(7)11(13)9-6-8(14)2-3-10(9)15/h2-3,6-7,11-12H,4-5H2,1H3. The van der Waals surface area contributed by atoms with Gasteiger partial charge in [-0.05, 0) is 30.5 Å². The van der Waals surface area contributed by atoms with Crippen LogP contribution in [0.4, 0.5) is 8.78 Å². The molecule has 0 aliphatic carbocycles. The van der Waals surface area contributed by atoms with Crippen LogP contribution in [0.1, 0.15) is 24.3 Å². The maximum atomic E-state index is 13.5. The van der Waals surface area contributed by atoms with Crippen LogP contribution in [-0.2, 0) is 4.74 Å². The predicted molar refractivity (Wildman–Crippen MR) is 58.5 cm³/mol. The summed E-state index contributed by atoms with van der Waals surface area (Å²) in [5, 5.41) is -0.631. The molecule has 1 heterocycles. The van der Waals surface area contributed by atoms with Gasteiger partial charge in [-0.2, -0.15) is 0 Å². The summed E-state index contributed by atoms with van der Waals surface area (Å²) in [5.74, 6) is -0.693. The monoisotopic (exact) mass is 246 g/mol. The molecule has 0 radical (unpaired) electrons. The molecule has 0 saturated carbocycles. The van der Waals surface area contributed by atoms with Crippen molar-refractivity contribution >= 4 is 11.6 Å². The van der Waals surface area contributed by atoms with Gasteiger partial charge in [0.2, 0.25) is 0 Å². The van der Waals surface area contributed by atoms with Crippen molar-refractivity contribution in [3.63, 3.8) is 0 Å². The van der Waals surface area contributed by atoms with Crippen molar-refractivity contribution < 1.29 is 13.5 Å². The van der Waals surface area contributed by atoms with Gasteiger partial charge < -0.3 is 4.74 Å². The Morgan fingerprint density at radius 1 is 1.44 bits per heavy atom. The zero-order valence-electron chi connectivity index (χ0n) is 8.92. The second kappa shape index (κ2) is 4.68. The lowest BCUT2D eigenvalue weighted by Gasteiger charge is -2.21. The minimum Gasteiger partial charge on any atom is -0.376 e. The van der Waals surface area contributed by atoms with E-state index in [1.807, 2.05) is 6.92 Å². The van der Waals surface area contributed by atoms with E-state index in [0.29, 0.717) is 6.61 Å². The summed E-state index contributed by atoms with van der Waals surface area (Å²) in [5.41, 5.74) is 0.181. The van der Waals surface area contributed by atoms with Crippen molar-refractivity contribution in [1.82, 2.24) is 0 Å². The molecular formula is C12H13ClF2O. The zero-order chi connectivity index (χ0) is 11.7. The maximum Gasteiger partial charge on any atom is 0.128 e. The van der Waals surface area contributed by atoms with Crippen molar-refractivity contribution in [3.05, 3.63) is 35.4 Å². The SMILES string of the molecule is CC1CCOC1C(Cl)c1cc(F)ccc1F. The van der Waals surface area contributed by atoms with E-state index in [4.69, 9.17) is 16.3 Å². The van der Waals surface area contributed by atoms with E-state index in [2.05, 4.69) is 0 Å². The fourth-order valence-electron chi connectivity index (χ4n) is 1.99. The Balaban J connectivity index is 2.25. The van der Waals surface area contributed by atoms with Crippen molar-refractivity contribution in [3.8, 4) is 0 Å². The predicted octanol–water partition coefficient (Wildman–Crippen LogP) is 3.67. The number of benzene rings is 1. The van der Waals surface area contributed by atoms with Crippen LogP contribution in [0.5, 0.6) is 0 Å². The summed E-state index contributed by atoms with van der Waals surface area (Å²) in [6, 6.07) is 3.32. The summed E-state index contributed by atoms with van der Waals surface area (Å²) in [7, 11) is 0. The smallest absolute Gasteiger partial charge is 0.128 e. The van der Waals surface area contributed by atoms with Gasteiger partial charge in [-0.1, -0.05) is 6.92 Å². The average molecular weight is 247 g/mol. The van der Waals surface area contributed by atoms with Crippen molar-refractivity contribution in [2.24, 2.45) is 5.92 Å². The lowest BCUT2D eigenvalue weighted by molar-refractivity contribution is 0.0895. The molecule has 2 rings (SSSR count). The summed E-state index contributed by atoms with van der Waals surface area (Å²) in [4.78, 5) is 0. The fourth-order valence-corrected chi connectivity index (χ4v) is 2.48. The van der Waals surface area contributed by atoms with Gasteiger partial charge in [0.05, 0.1) is 11.5 Å². The molecule has 1 aliphatic rings. The Morgan fingerprint density at radius 2 is 2.19 bits per heavy atom. The average Bonchev–Trinajstić information content (AvgIpc) is 2.67. The van der Waals surface area contributed by atoms with Crippen LogP contribution >= 0.6 is 11.6 Å². The molecule has 1 fully saturated rings. The molecule has 88 valence electrons. The van der Waals surface area contributed by atoms with Crippen molar-refractivity contribution in [2.75, 3.05) is 6.61 Å². The van der Waals surface area contributed by atoms with Crippen LogP contribution in [0.3, 0.4) is 0 Å². The first-order valence-corrected chi connectivity index (χ1v) is 5.74. The molecule has 16 heavy (non-hydrogen) atoms. The molecule has 0 amide bonds. The van der Waals surface area contributed by atoms with Crippen LogP contribution in [0, 0.1) is 17.6 Å². The molecule has 0 bridgehead atoms. The molecule has 0 aromatic heterocycles. The van der Waals surface area contributed by atoms with Gasteiger partial charge in [-0.3, -0.25) is 0 Å². The van der Waals surface area contributed by atoms with Crippen LogP contribution in [0.2, 0.25) is 0 Å². The highest BCUT2D eigenvalue weighted by atomic mass is 35.5. The molecule has 1 aromatic carbocycles. The van der Waals surface area contributed by atoms with E-state index in [1.165, 1.54) is 0 Å². The Morgan fingerprint density at radius 3 is 2.81 bits per heavy atom. The van der Waals surface area contributed by atoms with E-state index < -0.39 is 17.0 Å². The molecule has 3 atom stereocenters. The second-order valence-electron chi connectivity index (χ2n) is 4.17. The summed E-state index contributed by atoms with van der Waals surface area (Å²) < 4.78 is 32.0. The van der Waals surface area contributed by atoms with Gasteiger partial charge >= 0.3 is 0 Å². The summed E-state index contributed by atoms with van der Waals surface area (Å²) in [6.45, 7) is 2.64. The Hall–Kier alpha value is -0.670. The van der Waals surface area contributed by atoms with Gasteiger partial charge in [0.15, 0.2) is 0 Å². The molecule has 1 aliphatic heterocycles. The van der Waals surface area contributed by atoms with Gasteiger partial charge in [-0.25, -0.2) is 8.78 Å². The molecule has 1 saturated heterocycles. The molecule has 1 aromatic rings.